The molecule has 1 aromatic rings. The van der Waals surface area contributed by atoms with E-state index in [0.29, 0.717) is 5.56 Å². The molecule has 0 saturated heterocycles. The van der Waals surface area contributed by atoms with E-state index in [1.807, 2.05) is 0 Å². The molecule has 0 aromatic heterocycles. The highest BCUT2D eigenvalue weighted by Crippen LogP contribution is 2.09. The highest BCUT2D eigenvalue weighted by Gasteiger charge is 2.00. The first-order valence-electron chi connectivity index (χ1n) is 3.18. The molecule has 0 unspecified atom stereocenters. The van der Waals surface area contributed by atoms with Gasteiger partial charge in [-0.05, 0) is 18.6 Å². The SMILES string of the molecule is Cc1cccc(F)c1/C=N/O. The van der Waals surface area contributed by atoms with Crippen LogP contribution >= 0.6 is 0 Å². The largest absolute Gasteiger partial charge is 0.411 e. The number of aryl methyl sites for hydroxylation is 1. The molecule has 0 heterocycles. The van der Waals surface area contributed by atoms with Gasteiger partial charge in [-0.3, -0.25) is 0 Å². The molecular weight excluding hydrogens is 145 g/mol. The number of nitrogens with zero attached hydrogens (tertiary/aromatic N) is 1. The molecule has 0 radical (unpaired) electrons. The van der Waals surface area contributed by atoms with Crippen LogP contribution in [0.15, 0.2) is 23.4 Å². The molecule has 0 bridgehead atoms. The van der Waals surface area contributed by atoms with Gasteiger partial charge in [-0.25, -0.2) is 4.39 Å². The molecule has 3 heteroatoms. The van der Waals surface area contributed by atoms with E-state index < -0.39 is 0 Å². The van der Waals surface area contributed by atoms with Crippen molar-refractivity contribution in [3.05, 3.63) is 35.1 Å². The lowest BCUT2D eigenvalue weighted by Crippen LogP contribution is -1.91. The predicted octanol–water partition coefficient (Wildman–Crippen LogP) is 1.94. The minimum absolute atomic E-state index is 0.329. The van der Waals surface area contributed by atoms with Crippen LogP contribution < -0.4 is 0 Å². The molecular formula is C8H8FNO. The molecule has 0 amide bonds. The van der Waals surface area contributed by atoms with Crippen molar-refractivity contribution in [2.75, 3.05) is 0 Å². The summed E-state index contributed by atoms with van der Waals surface area (Å²) < 4.78 is 12.8. The maximum atomic E-state index is 12.8. The summed E-state index contributed by atoms with van der Waals surface area (Å²) in [6.45, 7) is 1.75. The minimum Gasteiger partial charge on any atom is -0.411 e. The van der Waals surface area contributed by atoms with E-state index in [4.69, 9.17) is 5.21 Å². The van der Waals surface area contributed by atoms with Crippen LogP contribution in [0.4, 0.5) is 4.39 Å². The third-order valence-corrected chi connectivity index (χ3v) is 1.46. The second-order valence-corrected chi connectivity index (χ2v) is 2.21. The molecule has 0 saturated carbocycles. The summed E-state index contributed by atoms with van der Waals surface area (Å²) in [5.41, 5.74) is 1.08. The van der Waals surface area contributed by atoms with Gasteiger partial charge in [-0.2, -0.15) is 0 Å². The van der Waals surface area contributed by atoms with E-state index >= 15 is 0 Å². The fraction of sp³-hybridized carbons (Fsp3) is 0.125. The lowest BCUT2D eigenvalue weighted by atomic mass is 10.1. The van der Waals surface area contributed by atoms with Gasteiger partial charge in [0.05, 0.1) is 6.21 Å². The molecule has 0 aliphatic carbocycles. The van der Waals surface area contributed by atoms with Gasteiger partial charge >= 0.3 is 0 Å². The maximum Gasteiger partial charge on any atom is 0.132 e. The lowest BCUT2D eigenvalue weighted by molar-refractivity contribution is 0.321. The Morgan fingerprint density at radius 3 is 2.82 bits per heavy atom. The Bertz CT molecular complexity index is 263. The average molecular weight is 153 g/mol. The van der Waals surface area contributed by atoms with E-state index in [-0.39, 0.29) is 5.82 Å². The van der Waals surface area contributed by atoms with Gasteiger partial charge in [0.1, 0.15) is 5.82 Å². The van der Waals surface area contributed by atoms with Crippen molar-refractivity contribution in [2.24, 2.45) is 5.16 Å². The zero-order valence-electron chi connectivity index (χ0n) is 6.08. The molecule has 11 heavy (non-hydrogen) atoms. The van der Waals surface area contributed by atoms with Gasteiger partial charge in [0.15, 0.2) is 0 Å². The summed E-state index contributed by atoms with van der Waals surface area (Å²) in [6, 6.07) is 4.68. The standard InChI is InChI=1S/C8H8FNO/c1-6-3-2-4-8(9)7(6)5-10-11/h2-5,11H,1H3/b10-5+. The zero-order valence-corrected chi connectivity index (χ0v) is 6.08. The number of hydrogen-bond acceptors (Lipinski definition) is 2. The van der Waals surface area contributed by atoms with Crippen LogP contribution in [-0.4, -0.2) is 11.4 Å². The van der Waals surface area contributed by atoms with E-state index in [2.05, 4.69) is 5.16 Å². The van der Waals surface area contributed by atoms with Gasteiger partial charge in [0, 0.05) is 5.56 Å². The quantitative estimate of drug-likeness (QED) is 0.373. The highest BCUT2D eigenvalue weighted by molar-refractivity contribution is 5.81. The van der Waals surface area contributed by atoms with Crippen LogP contribution in [0.1, 0.15) is 11.1 Å². The Morgan fingerprint density at radius 1 is 1.55 bits per heavy atom. The Hall–Kier alpha value is -1.38. The number of benzene rings is 1. The number of oxime groups is 1. The Morgan fingerprint density at radius 2 is 2.27 bits per heavy atom. The Labute approximate surface area is 64.0 Å². The van der Waals surface area contributed by atoms with Gasteiger partial charge in [-0.1, -0.05) is 17.3 Å². The first kappa shape index (κ1) is 7.72. The van der Waals surface area contributed by atoms with Crippen molar-refractivity contribution in [1.29, 1.82) is 0 Å². The maximum absolute atomic E-state index is 12.8. The van der Waals surface area contributed by atoms with E-state index in [9.17, 15) is 4.39 Å². The highest BCUT2D eigenvalue weighted by atomic mass is 19.1. The summed E-state index contributed by atoms with van der Waals surface area (Å²) in [4.78, 5) is 0. The molecule has 0 aliphatic rings. The molecule has 0 aliphatic heterocycles. The van der Waals surface area contributed by atoms with Gasteiger partial charge in [0.2, 0.25) is 0 Å². The fourth-order valence-electron chi connectivity index (χ4n) is 0.866. The molecule has 0 fully saturated rings. The first-order valence-corrected chi connectivity index (χ1v) is 3.18. The van der Waals surface area contributed by atoms with Crippen LogP contribution in [0.2, 0.25) is 0 Å². The lowest BCUT2D eigenvalue weighted by Gasteiger charge is -1.98. The summed E-state index contributed by atoms with van der Waals surface area (Å²) in [7, 11) is 0. The van der Waals surface area contributed by atoms with E-state index in [1.54, 1.807) is 19.1 Å². The second kappa shape index (κ2) is 3.14. The van der Waals surface area contributed by atoms with Crippen LogP contribution in [0.25, 0.3) is 0 Å². The van der Waals surface area contributed by atoms with Crippen molar-refractivity contribution in [3.63, 3.8) is 0 Å². The van der Waals surface area contributed by atoms with Crippen molar-refractivity contribution >= 4 is 6.21 Å². The topological polar surface area (TPSA) is 32.6 Å². The number of halogens is 1. The van der Waals surface area contributed by atoms with E-state index in [1.165, 1.54) is 6.07 Å². The smallest absolute Gasteiger partial charge is 0.132 e. The van der Waals surface area contributed by atoms with Crippen LogP contribution in [0.3, 0.4) is 0 Å². The van der Waals surface area contributed by atoms with Crippen molar-refractivity contribution in [1.82, 2.24) is 0 Å². The Balaban J connectivity index is 3.20. The third-order valence-electron chi connectivity index (χ3n) is 1.46. The summed E-state index contributed by atoms with van der Waals surface area (Å²) in [6.07, 6.45) is 1.09. The predicted molar refractivity (Wildman–Crippen MR) is 40.5 cm³/mol. The van der Waals surface area contributed by atoms with Gasteiger partial charge in [-0.15, -0.1) is 0 Å². The minimum atomic E-state index is -0.372. The van der Waals surface area contributed by atoms with Crippen molar-refractivity contribution < 1.29 is 9.60 Å². The molecule has 0 spiro atoms. The van der Waals surface area contributed by atoms with Gasteiger partial charge < -0.3 is 5.21 Å². The van der Waals surface area contributed by atoms with Crippen LogP contribution in [0.5, 0.6) is 0 Å². The molecule has 0 atom stereocenters. The summed E-state index contributed by atoms with van der Waals surface area (Å²) in [5.74, 6) is -0.372. The molecule has 1 aromatic carbocycles. The second-order valence-electron chi connectivity index (χ2n) is 2.21. The number of rotatable bonds is 1. The monoisotopic (exact) mass is 153 g/mol. The number of hydrogen-bond donors (Lipinski definition) is 1. The average Bonchev–Trinajstić information content (AvgIpc) is 1.97. The zero-order chi connectivity index (χ0) is 8.27. The summed E-state index contributed by atoms with van der Waals surface area (Å²) in [5, 5.41) is 10.9. The third kappa shape index (κ3) is 1.55. The molecule has 1 rings (SSSR count). The van der Waals surface area contributed by atoms with Crippen LogP contribution in [0, 0.1) is 12.7 Å². The van der Waals surface area contributed by atoms with E-state index in [0.717, 1.165) is 11.8 Å². The summed E-state index contributed by atoms with van der Waals surface area (Å²) >= 11 is 0. The normalized spacial score (nSPS) is 10.7. The molecule has 1 N–H and O–H groups in total. The fourth-order valence-corrected chi connectivity index (χ4v) is 0.866. The van der Waals surface area contributed by atoms with Crippen molar-refractivity contribution in [2.45, 2.75) is 6.92 Å². The molecule has 58 valence electrons. The van der Waals surface area contributed by atoms with Crippen molar-refractivity contribution in [3.8, 4) is 0 Å². The van der Waals surface area contributed by atoms with Gasteiger partial charge in [0.25, 0.3) is 0 Å². The van der Waals surface area contributed by atoms with Crippen LogP contribution in [-0.2, 0) is 0 Å². The first-order chi connectivity index (χ1) is 5.25. The Kier molecular flexibility index (Phi) is 2.21. The molecule has 2 nitrogen and oxygen atoms in total.